The third-order valence-electron chi connectivity index (χ3n) is 11.2. The summed E-state index contributed by atoms with van der Waals surface area (Å²) in [5.41, 5.74) is 16.2. The quantitative estimate of drug-likeness (QED) is 0.162. The highest BCUT2D eigenvalue weighted by molar-refractivity contribution is 6.12. The minimum atomic E-state index is -0.292. The van der Waals surface area contributed by atoms with Gasteiger partial charge in [0.2, 0.25) is 0 Å². The highest BCUT2D eigenvalue weighted by Gasteiger charge is 2.21. The van der Waals surface area contributed by atoms with E-state index < -0.39 is 0 Å². The number of benzene rings is 8. The van der Waals surface area contributed by atoms with Gasteiger partial charge in [-0.05, 0) is 86.3 Å². The standard InChI is InChI=1S/C55H41FN4/c1-34-25-35(2)28-43(27-34)40-20-23-50-47(31-40)48-32-41(44-29-36(3)26-37(4)30-44)21-24-51(48)60(50)52-33-42(19-22-46(52)45-17-11-12-18-49(45)56)55-58-53(38-13-7-5-8-14-38)57-54(59-55)39-15-9-6-10-16-39/h5-33H,1-4H3. The van der Waals surface area contributed by atoms with Gasteiger partial charge in [-0.2, -0.15) is 0 Å². The summed E-state index contributed by atoms with van der Waals surface area (Å²) in [4.78, 5) is 15.1. The third-order valence-corrected chi connectivity index (χ3v) is 11.2. The maximum absolute atomic E-state index is 16.0. The van der Waals surface area contributed by atoms with Crippen molar-refractivity contribution in [1.82, 2.24) is 19.5 Å². The van der Waals surface area contributed by atoms with E-state index in [1.807, 2.05) is 84.9 Å². The molecule has 0 amide bonds. The van der Waals surface area contributed by atoms with Crippen molar-refractivity contribution in [2.24, 2.45) is 0 Å². The Morgan fingerprint density at radius 1 is 0.350 bits per heavy atom. The van der Waals surface area contributed by atoms with E-state index in [0.29, 0.717) is 23.0 Å². The first-order valence-corrected chi connectivity index (χ1v) is 20.3. The van der Waals surface area contributed by atoms with E-state index in [4.69, 9.17) is 15.0 Å². The number of nitrogens with zero attached hydrogens (tertiary/aromatic N) is 4. The molecule has 0 atom stereocenters. The molecule has 0 saturated carbocycles. The molecule has 0 aliphatic carbocycles. The zero-order valence-electron chi connectivity index (χ0n) is 33.9. The number of rotatable bonds is 7. The van der Waals surface area contributed by atoms with Gasteiger partial charge in [0.15, 0.2) is 17.5 Å². The van der Waals surface area contributed by atoms with Gasteiger partial charge >= 0.3 is 0 Å². The van der Waals surface area contributed by atoms with Crippen LogP contribution in [0.25, 0.3) is 95.0 Å². The van der Waals surface area contributed by atoms with Crippen LogP contribution in [0, 0.1) is 33.5 Å². The predicted molar refractivity (Wildman–Crippen MR) is 246 cm³/mol. The minimum Gasteiger partial charge on any atom is -0.309 e. The summed E-state index contributed by atoms with van der Waals surface area (Å²) in [6.45, 7) is 8.58. The summed E-state index contributed by atoms with van der Waals surface area (Å²) in [5.74, 6) is 1.39. The van der Waals surface area contributed by atoms with E-state index in [-0.39, 0.29) is 5.82 Å². The third kappa shape index (κ3) is 6.84. The molecular formula is C55H41FN4. The van der Waals surface area contributed by atoms with Crippen LogP contribution in [-0.2, 0) is 0 Å². The van der Waals surface area contributed by atoms with E-state index >= 15 is 4.39 Å². The fraction of sp³-hybridized carbons (Fsp3) is 0.0727. The fourth-order valence-electron chi connectivity index (χ4n) is 8.63. The average molecular weight is 777 g/mol. The summed E-state index contributed by atoms with van der Waals surface area (Å²) >= 11 is 0. The Balaban J connectivity index is 1.26. The lowest BCUT2D eigenvalue weighted by molar-refractivity contribution is 0.631. The number of fused-ring (bicyclic) bond motifs is 3. The molecule has 8 aromatic carbocycles. The SMILES string of the molecule is Cc1cc(C)cc(-c2ccc3c(c2)c2cc(-c4cc(C)cc(C)c4)ccc2n3-c2cc(-c3nc(-c4ccccc4)nc(-c4ccccc4)n3)ccc2-c2ccccc2F)c1. The van der Waals surface area contributed by atoms with Crippen molar-refractivity contribution in [2.75, 3.05) is 0 Å². The van der Waals surface area contributed by atoms with Crippen molar-refractivity contribution >= 4 is 21.8 Å². The van der Waals surface area contributed by atoms with Crippen LogP contribution >= 0.6 is 0 Å². The normalized spacial score (nSPS) is 11.4. The van der Waals surface area contributed by atoms with Crippen molar-refractivity contribution in [3.05, 3.63) is 204 Å². The van der Waals surface area contributed by atoms with Gasteiger partial charge in [-0.3, -0.25) is 0 Å². The Hall–Kier alpha value is -7.50. The zero-order chi connectivity index (χ0) is 40.9. The molecule has 0 unspecified atom stereocenters. The maximum Gasteiger partial charge on any atom is 0.164 e. The molecule has 10 rings (SSSR count). The molecule has 0 fully saturated rings. The lowest BCUT2D eigenvalue weighted by Crippen LogP contribution is -2.02. The van der Waals surface area contributed by atoms with Crippen molar-refractivity contribution < 1.29 is 4.39 Å². The lowest BCUT2D eigenvalue weighted by Gasteiger charge is -2.17. The van der Waals surface area contributed by atoms with Gasteiger partial charge in [-0.15, -0.1) is 0 Å². The van der Waals surface area contributed by atoms with Crippen LogP contribution in [0.2, 0.25) is 0 Å². The van der Waals surface area contributed by atoms with Gasteiger partial charge in [0.05, 0.1) is 16.7 Å². The molecule has 5 heteroatoms. The van der Waals surface area contributed by atoms with Crippen LogP contribution in [-0.4, -0.2) is 19.5 Å². The molecule has 0 bridgehead atoms. The van der Waals surface area contributed by atoms with Crippen LogP contribution in [0.15, 0.2) is 176 Å². The van der Waals surface area contributed by atoms with Crippen LogP contribution < -0.4 is 0 Å². The summed E-state index contributed by atoms with van der Waals surface area (Å²) in [6, 6.07) is 59.9. The van der Waals surface area contributed by atoms with E-state index in [9.17, 15) is 0 Å². The van der Waals surface area contributed by atoms with E-state index in [0.717, 1.165) is 60.9 Å². The molecule has 0 saturated heterocycles. The van der Waals surface area contributed by atoms with E-state index in [1.165, 1.54) is 39.4 Å². The molecule has 0 spiro atoms. The van der Waals surface area contributed by atoms with Crippen LogP contribution in [0.1, 0.15) is 22.3 Å². The van der Waals surface area contributed by atoms with Gasteiger partial charge in [0.1, 0.15) is 5.82 Å². The largest absolute Gasteiger partial charge is 0.309 e. The Kier molecular flexibility index (Phi) is 9.22. The first-order chi connectivity index (χ1) is 29.3. The zero-order valence-corrected chi connectivity index (χ0v) is 33.9. The van der Waals surface area contributed by atoms with Gasteiger partial charge in [0.25, 0.3) is 0 Å². The van der Waals surface area contributed by atoms with Crippen LogP contribution in [0.4, 0.5) is 4.39 Å². The molecule has 10 aromatic rings. The maximum atomic E-state index is 16.0. The number of hydrogen-bond acceptors (Lipinski definition) is 3. The average Bonchev–Trinajstić information content (AvgIpc) is 3.59. The molecule has 0 aliphatic heterocycles. The summed E-state index contributed by atoms with van der Waals surface area (Å²) in [5, 5.41) is 2.21. The van der Waals surface area contributed by atoms with Crippen LogP contribution in [0.5, 0.6) is 0 Å². The molecule has 0 N–H and O–H groups in total. The highest BCUT2D eigenvalue weighted by Crippen LogP contribution is 2.42. The molecule has 4 nitrogen and oxygen atoms in total. The van der Waals surface area contributed by atoms with E-state index in [1.54, 1.807) is 6.07 Å². The highest BCUT2D eigenvalue weighted by atomic mass is 19.1. The number of aryl methyl sites for hydroxylation is 4. The van der Waals surface area contributed by atoms with Crippen molar-refractivity contribution in [3.63, 3.8) is 0 Å². The second kappa shape index (κ2) is 15.0. The van der Waals surface area contributed by atoms with Crippen LogP contribution in [0.3, 0.4) is 0 Å². The summed E-state index contributed by atoms with van der Waals surface area (Å²) in [7, 11) is 0. The predicted octanol–water partition coefficient (Wildman–Crippen LogP) is 14.3. The minimum absolute atomic E-state index is 0.292. The summed E-state index contributed by atoms with van der Waals surface area (Å²) in [6.07, 6.45) is 0. The van der Waals surface area contributed by atoms with Gasteiger partial charge in [0, 0.05) is 38.6 Å². The molecule has 2 heterocycles. The van der Waals surface area contributed by atoms with E-state index in [2.05, 4.69) is 111 Å². The van der Waals surface area contributed by atoms with Crippen molar-refractivity contribution in [3.8, 4) is 73.2 Å². The molecule has 0 aliphatic rings. The molecule has 2 aromatic heterocycles. The molecule has 288 valence electrons. The fourth-order valence-corrected chi connectivity index (χ4v) is 8.63. The summed E-state index contributed by atoms with van der Waals surface area (Å²) < 4.78 is 18.3. The van der Waals surface area contributed by atoms with Crippen molar-refractivity contribution in [1.29, 1.82) is 0 Å². The van der Waals surface area contributed by atoms with Gasteiger partial charge < -0.3 is 4.57 Å². The Morgan fingerprint density at radius 2 is 0.783 bits per heavy atom. The monoisotopic (exact) mass is 776 g/mol. The van der Waals surface area contributed by atoms with Gasteiger partial charge in [-0.1, -0.05) is 162 Å². The van der Waals surface area contributed by atoms with Gasteiger partial charge in [-0.25, -0.2) is 19.3 Å². The lowest BCUT2D eigenvalue weighted by atomic mass is 9.97. The molecule has 0 radical (unpaired) electrons. The molecule has 60 heavy (non-hydrogen) atoms. The Bertz CT molecular complexity index is 3050. The first-order valence-electron chi connectivity index (χ1n) is 20.3. The second-order valence-corrected chi connectivity index (χ2v) is 15.8. The number of aromatic nitrogens is 4. The Labute approximate surface area is 349 Å². The van der Waals surface area contributed by atoms with Crippen molar-refractivity contribution in [2.45, 2.75) is 27.7 Å². The molecular weight excluding hydrogens is 736 g/mol. The first kappa shape index (κ1) is 36.8. The second-order valence-electron chi connectivity index (χ2n) is 15.8. The number of hydrogen-bond donors (Lipinski definition) is 0. The Morgan fingerprint density at radius 3 is 1.27 bits per heavy atom. The number of halogens is 1. The smallest absolute Gasteiger partial charge is 0.164 e. The topological polar surface area (TPSA) is 43.6 Å².